The smallest absolute Gasteiger partial charge is 0.205 e. The minimum Gasteiger partial charge on any atom is -0.457 e. The van der Waals surface area contributed by atoms with Crippen molar-refractivity contribution < 1.29 is 14.3 Å². The molecule has 2 aromatic rings. The summed E-state index contributed by atoms with van der Waals surface area (Å²) < 4.78 is 10.9. The lowest BCUT2D eigenvalue weighted by molar-refractivity contribution is 0.0395. The predicted molar refractivity (Wildman–Crippen MR) is 88.2 cm³/mol. The van der Waals surface area contributed by atoms with Gasteiger partial charge in [-0.2, -0.15) is 5.10 Å². The first-order chi connectivity index (χ1) is 11.3. The van der Waals surface area contributed by atoms with Crippen molar-refractivity contribution >= 4 is 12.0 Å². The Morgan fingerprint density at radius 1 is 1.00 bits per heavy atom. The highest BCUT2D eigenvalue weighted by Gasteiger charge is 2.08. The third-order valence-electron chi connectivity index (χ3n) is 3.44. The van der Waals surface area contributed by atoms with E-state index in [9.17, 15) is 4.79 Å². The van der Waals surface area contributed by atoms with E-state index >= 15 is 0 Å². The van der Waals surface area contributed by atoms with Gasteiger partial charge in [-0.25, -0.2) is 0 Å². The number of ketones is 1. The molecule has 0 atom stereocenters. The minimum absolute atomic E-state index is 0.122. The zero-order chi connectivity index (χ0) is 15.9. The average molecular weight is 310 g/mol. The van der Waals surface area contributed by atoms with E-state index in [1.165, 1.54) is 6.21 Å². The summed E-state index contributed by atoms with van der Waals surface area (Å²) in [6.07, 6.45) is 1.36. The molecule has 0 radical (unpaired) electrons. The van der Waals surface area contributed by atoms with E-state index in [0.29, 0.717) is 37.6 Å². The number of rotatable bonds is 5. The molecule has 0 unspecified atom stereocenters. The molecule has 23 heavy (non-hydrogen) atoms. The van der Waals surface area contributed by atoms with Gasteiger partial charge in [0.05, 0.1) is 32.5 Å². The summed E-state index contributed by atoms with van der Waals surface area (Å²) in [5.41, 5.74) is 0.586. The zero-order valence-electron chi connectivity index (χ0n) is 12.7. The minimum atomic E-state index is -0.122. The number of carbonyl (C=O) groups is 1. The third-order valence-corrected chi connectivity index (χ3v) is 3.44. The van der Waals surface area contributed by atoms with Crippen molar-refractivity contribution in [3.8, 4) is 11.5 Å². The van der Waals surface area contributed by atoms with Crippen LogP contribution in [0.4, 0.5) is 0 Å². The second-order valence-corrected chi connectivity index (χ2v) is 5.11. The van der Waals surface area contributed by atoms with Crippen LogP contribution in [-0.4, -0.2) is 43.3 Å². The summed E-state index contributed by atoms with van der Waals surface area (Å²) in [4.78, 5) is 12.1. The molecule has 0 bridgehead atoms. The lowest BCUT2D eigenvalue weighted by Gasteiger charge is -2.23. The zero-order valence-corrected chi connectivity index (χ0v) is 12.7. The number of para-hydroxylation sites is 1. The van der Waals surface area contributed by atoms with Crippen LogP contribution in [-0.2, 0) is 4.74 Å². The molecule has 0 aromatic heterocycles. The van der Waals surface area contributed by atoms with Gasteiger partial charge in [-0.05, 0) is 36.4 Å². The fourth-order valence-electron chi connectivity index (χ4n) is 2.19. The van der Waals surface area contributed by atoms with Crippen molar-refractivity contribution in [2.24, 2.45) is 5.10 Å². The van der Waals surface area contributed by atoms with E-state index in [1.54, 1.807) is 24.3 Å². The first-order valence-corrected chi connectivity index (χ1v) is 7.55. The number of morpholine rings is 1. The van der Waals surface area contributed by atoms with Crippen molar-refractivity contribution in [1.82, 2.24) is 5.01 Å². The van der Waals surface area contributed by atoms with Gasteiger partial charge in [0.25, 0.3) is 0 Å². The Kier molecular flexibility index (Phi) is 5.01. The summed E-state index contributed by atoms with van der Waals surface area (Å²) in [6, 6.07) is 16.6. The first kappa shape index (κ1) is 15.2. The van der Waals surface area contributed by atoms with Crippen LogP contribution < -0.4 is 4.74 Å². The van der Waals surface area contributed by atoms with Crippen LogP contribution in [0.1, 0.15) is 10.4 Å². The monoisotopic (exact) mass is 310 g/mol. The van der Waals surface area contributed by atoms with Crippen LogP contribution in [0.25, 0.3) is 0 Å². The highest BCUT2D eigenvalue weighted by atomic mass is 16.5. The van der Waals surface area contributed by atoms with Gasteiger partial charge in [0.2, 0.25) is 5.78 Å². The molecule has 1 aliphatic rings. The number of Topliss-reactive ketones (excluding diaryl/α,β-unsaturated/α-hetero) is 1. The van der Waals surface area contributed by atoms with Gasteiger partial charge in [-0.1, -0.05) is 18.2 Å². The maximum absolute atomic E-state index is 12.1. The molecular formula is C18H18N2O3. The Labute approximate surface area is 135 Å². The maximum Gasteiger partial charge on any atom is 0.205 e. The van der Waals surface area contributed by atoms with Gasteiger partial charge < -0.3 is 9.47 Å². The number of ether oxygens (including phenoxy) is 2. The SMILES string of the molecule is O=C(/C=N/N1CCOCC1)c1ccc(Oc2ccccc2)cc1. The fraction of sp³-hybridized carbons (Fsp3) is 0.222. The van der Waals surface area contributed by atoms with Crippen molar-refractivity contribution in [2.75, 3.05) is 26.3 Å². The molecule has 0 amide bonds. The molecular weight excluding hydrogens is 292 g/mol. The highest BCUT2D eigenvalue weighted by molar-refractivity contribution is 6.35. The van der Waals surface area contributed by atoms with Crippen molar-refractivity contribution in [3.05, 3.63) is 60.2 Å². The number of benzene rings is 2. The lowest BCUT2D eigenvalue weighted by atomic mass is 10.1. The Morgan fingerprint density at radius 2 is 1.65 bits per heavy atom. The molecule has 0 aliphatic carbocycles. The Balaban J connectivity index is 1.60. The summed E-state index contributed by atoms with van der Waals surface area (Å²) in [5.74, 6) is 1.33. The van der Waals surface area contributed by atoms with Gasteiger partial charge in [0, 0.05) is 5.56 Å². The van der Waals surface area contributed by atoms with Crippen molar-refractivity contribution in [1.29, 1.82) is 0 Å². The third kappa shape index (κ3) is 4.40. The summed E-state index contributed by atoms with van der Waals surface area (Å²) >= 11 is 0. The Hall–Kier alpha value is -2.66. The maximum atomic E-state index is 12.1. The molecule has 0 spiro atoms. The van der Waals surface area contributed by atoms with Gasteiger partial charge in [-0.15, -0.1) is 0 Å². The van der Waals surface area contributed by atoms with E-state index in [4.69, 9.17) is 9.47 Å². The van der Waals surface area contributed by atoms with E-state index in [2.05, 4.69) is 5.10 Å². The van der Waals surface area contributed by atoms with Gasteiger partial charge in [0.1, 0.15) is 11.5 Å². The van der Waals surface area contributed by atoms with Crippen LogP contribution in [0.3, 0.4) is 0 Å². The van der Waals surface area contributed by atoms with Gasteiger partial charge >= 0.3 is 0 Å². The number of carbonyl (C=O) groups excluding carboxylic acids is 1. The Morgan fingerprint density at radius 3 is 2.35 bits per heavy atom. The molecule has 2 aromatic carbocycles. The highest BCUT2D eigenvalue weighted by Crippen LogP contribution is 2.21. The molecule has 1 fully saturated rings. The number of hydrogen-bond acceptors (Lipinski definition) is 5. The molecule has 5 nitrogen and oxygen atoms in total. The van der Waals surface area contributed by atoms with Crippen LogP contribution in [0.5, 0.6) is 11.5 Å². The second kappa shape index (κ2) is 7.56. The fourth-order valence-corrected chi connectivity index (χ4v) is 2.19. The molecule has 5 heteroatoms. The molecule has 1 heterocycles. The van der Waals surface area contributed by atoms with Crippen LogP contribution >= 0.6 is 0 Å². The largest absolute Gasteiger partial charge is 0.457 e. The van der Waals surface area contributed by atoms with E-state index in [0.717, 1.165) is 5.75 Å². The first-order valence-electron chi connectivity index (χ1n) is 7.55. The van der Waals surface area contributed by atoms with E-state index in [1.807, 2.05) is 35.3 Å². The van der Waals surface area contributed by atoms with Crippen LogP contribution in [0.15, 0.2) is 59.7 Å². The van der Waals surface area contributed by atoms with Crippen LogP contribution in [0.2, 0.25) is 0 Å². The molecule has 1 saturated heterocycles. The Bertz CT molecular complexity index is 662. The second-order valence-electron chi connectivity index (χ2n) is 5.11. The van der Waals surface area contributed by atoms with E-state index < -0.39 is 0 Å². The number of hydrogen-bond donors (Lipinski definition) is 0. The number of nitrogens with zero attached hydrogens (tertiary/aromatic N) is 2. The summed E-state index contributed by atoms with van der Waals surface area (Å²) in [7, 11) is 0. The van der Waals surface area contributed by atoms with Gasteiger partial charge in [-0.3, -0.25) is 9.80 Å². The van der Waals surface area contributed by atoms with Crippen molar-refractivity contribution in [2.45, 2.75) is 0 Å². The van der Waals surface area contributed by atoms with Crippen molar-refractivity contribution in [3.63, 3.8) is 0 Å². The average Bonchev–Trinajstić information content (AvgIpc) is 2.62. The summed E-state index contributed by atoms with van der Waals surface area (Å²) in [6.45, 7) is 2.73. The quantitative estimate of drug-likeness (QED) is 0.629. The molecule has 3 rings (SSSR count). The number of hydrazone groups is 1. The molecule has 0 N–H and O–H groups in total. The summed E-state index contributed by atoms with van der Waals surface area (Å²) in [5, 5.41) is 6.04. The topological polar surface area (TPSA) is 51.1 Å². The standard InChI is InChI=1S/C18H18N2O3/c21-18(14-19-20-10-12-22-13-11-20)15-6-8-17(9-7-15)23-16-4-2-1-3-5-16/h1-9,14H,10-13H2/b19-14+. The molecule has 118 valence electrons. The van der Waals surface area contributed by atoms with Gasteiger partial charge in [0.15, 0.2) is 0 Å². The molecule has 0 saturated carbocycles. The molecule has 1 aliphatic heterocycles. The lowest BCUT2D eigenvalue weighted by Crippen LogP contribution is -2.32. The predicted octanol–water partition coefficient (Wildman–Crippen LogP) is 2.98. The van der Waals surface area contributed by atoms with Crippen LogP contribution in [0, 0.1) is 0 Å². The van der Waals surface area contributed by atoms with E-state index in [-0.39, 0.29) is 5.78 Å². The normalized spacial score (nSPS) is 14.9.